The van der Waals surface area contributed by atoms with Crippen LogP contribution in [0.15, 0.2) is 18.2 Å². The van der Waals surface area contributed by atoms with Gasteiger partial charge in [0.15, 0.2) is 0 Å². The molecule has 0 saturated carbocycles. The van der Waals surface area contributed by atoms with Crippen LogP contribution in [0.2, 0.25) is 0 Å². The summed E-state index contributed by atoms with van der Waals surface area (Å²) in [6.45, 7) is 3.72. The standard InChI is InChI=1S/C11H15O4P/c1-9-5-3-6-11(10(9)2)15-16(13,14)8-4-7-12/h3,5-7H,4,8H2,1-2H3,(H,13,14). The maximum absolute atomic E-state index is 11.6. The Kier molecular flexibility index (Phi) is 4.27. The van der Waals surface area contributed by atoms with Gasteiger partial charge in [0, 0.05) is 6.42 Å². The van der Waals surface area contributed by atoms with E-state index >= 15 is 0 Å². The quantitative estimate of drug-likeness (QED) is 0.636. The van der Waals surface area contributed by atoms with E-state index in [0.717, 1.165) is 11.1 Å². The van der Waals surface area contributed by atoms with E-state index in [0.29, 0.717) is 12.0 Å². The third-order valence-electron chi connectivity index (χ3n) is 2.33. The van der Waals surface area contributed by atoms with Crippen LogP contribution in [0.3, 0.4) is 0 Å². The Morgan fingerprint density at radius 3 is 2.75 bits per heavy atom. The van der Waals surface area contributed by atoms with Crippen LogP contribution < -0.4 is 4.52 Å². The Hall–Kier alpha value is -1.12. The van der Waals surface area contributed by atoms with E-state index in [2.05, 4.69) is 0 Å². The maximum Gasteiger partial charge on any atom is 0.377 e. The summed E-state index contributed by atoms with van der Waals surface area (Å²) in [6.07, 6.45) is 0.484. The molecule has 0 aliphatic carbocycles. The first kappa shape index (κ1) is 12.9. The van der Waals surface area contributed by atoms with Gasteiger partial charge in [-0.05, 0) is 31.0 Å². The summed E-state index contributed by atoms with van der Waals surface area (Å²) in [4.78, 5) is 19.6. The second-order valence-corrected chi connectivity index (χ2v) is 5.51. The van der Waals surface area contributed by atoms with E-state index < -0.39 is 7.60 Å². The minimum absolute atomic E-state index is 0.0264. The van der Waals surface area contributed by atoms with Crippen LogP contribution in [-0.2, 0) is 9.36 Å². The Morgan fingerprint density at radius 2 is 2.12 bits per heavy atom. The summed E-state index contributed by atoms with van der Waals surface area (Å²) in [5.74, 6) is 0.400. The summed E-state index contributed by atoms with van der Waals surface area (Å²) < 4.78 is 16.6. The first-order valence-electron chi connectivity index (χ1n) is 4.97. The van der Waals surface area contributed by atoms with Gasteiger partial charge in [-0.1, -0.05) is 12.1 Å². The fourth-order valence-corrected chi connectivity index (χ4v) is 2.27. The van der Waals surface area contributed by atoms with Crippen LogP contribution in [0, 0.1) is 13.8 Å². The van der Waals surface area contributed by atoms with Gasteiger partial charge < -0.3 is 14.2 Å². The molecular formula is C11H15O4P. The largest absolute Gasteiger partial charge is 0.424 e. The van der Waals surface area contributed by atoms with E-state index in [1.54, 1.807) is 12.1 Å². The highest BCUT2D eigenvalue weighted by Crippen LogP contribution is 2.44. The van der Waals surface area contributed by atoms with Crippen LogP contribution in [0.1, 0.15) is 17.5 Å². The van der Waals surface area contributed by atoms with Crippen molar-refractivity contribution in [3.05, 3.63) is 29.3 Å². The number of carbonyl (C=O) groups excluding carboxylic acids is 1. The fourth-order valence-electron chi connectivity index (χ4n) is 1.24. The molecule has 5 heteroatoms. The van der Waals surface area contributed by atoms with E-state index in [9.17, 15) is 14.3 Å². The monoisotopic (exact) mass is 242 g/mol. The molecular weight excluding hydrogens is 227 g/mol. The number of carbonyl (C=O) groups is 1. The van der Waals surface area contributed by atoms with Crippen molar-refractivity contribution >= 4 is 13.9 Å². The summed E-state index contributed by atoms with van der Waals surface area (Å²) in [5.41, 5.74) is 1.83. The van der Waals surface area contributed by atoms with Crippen molar-refractivity contribution in [2.75, 3.05) is 6.16 Å². The molecule has 1 atom stereocenters. The molecule has 16 heavy (non-hydrogen) atoms. The topological polar surface area (TPSA) is 63.6 Å². The van der Waals surface area contributed by atoms with E-state index in [1.807, 2.05) is 19.9 Å². The molecule has 0 radical (unpaired) electrons. The molecule has 1 aromatic carbocycles. The van der Waals surface area contributed by atoms with Gasteiger partial charge in [-0.15, -0.1) is 0 Å². The number of hydrogen-bond donors (Lipinski definition) is 1. The molecule has 1 aromatic rings. The number of aryl methyl sites for hydroxylation is 1. The fraction of sp³-hybridized carbons (Fsp3) is 0.364. The van der Waals surface area contributed by atoms with Crippen molar-refractivity contribution in [2.45, 2.75) is 20.3 Å². The third-order valence-corrected chi connectivity index (χ3v) is 3.63. The Labute approximate surface area is 94.8 Å². The predicted octanol–water partition coefficient (Wildman–Crippen LogP) is 2.46. The Balaban J connectivity index is 2.83. The first-order chi connectivity index (χ1) is 7.46. The molecule has 0 aliphatic heterocycles. The van der Waals surface area contributed by atoms with Crippen LogP contribution in [0.4, 0.5) is 0 Å². The van der Waals surface area contributed by atoms with Crippen molar-refractivity contribution in [3.8, 4) is 5.75 Å². The summed E-state index contributed by atoms with van der Waals surface area (Å²) in [7, 11) is -3.71. The highest BCUT2D eigenvalue weighted by Gasteiger charge is 2.21. The van der Waals surface area contributed by atoms with E-state index in [1.165, 1.54) is 0 Å². The zero-order chi connectivity index (χ0) is 12.2. The van der Waals surface area contributed by atoms with Crippen molar-refractivity contribution in [2.24, 2.45) is 0 Å². The normalized spacial score (nSPS) is 14.2. The average molecular weight is 242 g/mol. The number of hydrogen-bond acceptors (Lipinski definition) is 3. The minimum atomic E-state index is -3.71. The van der Waals surface area contributed by atoms with Gasteiger partial charge >= 0.3 is 7.60 Å². The molecule has 0 fully saturated rings. The molecule has 1 rings (SSSR count). The maximum atomic E-state index is 11.6. The molecule has 0 amide bonds. The highest BCUT2D eigenvalue weighted by atomic mass is 31.2. The van der Waals surface area contributed by atoms with Gasteiger partial charge in [-0.3, -0.25) is 0 Å². The highest BCUT2D eigenvalue weighted by molar-refractivity contribution is 7.53. The zero-order valence-electron chi connectivity index (χ0n) is 9.34. The first-order valence-corrected chi connectivity index (χ1v) is 6.74. The lowest BCUT2D eigenvalue weighted by atomic mass is 10.1. The predicted molar refractivity (Wildman–Crippen MR) is 61.9 cm³/mol. The van der Waals surface area contributed by atoms with Crippen LogP contribution in [-0.4, -0.2) is 17.3 Å². The number of aldehydes is 1. The van der Waals surface area contributed by atoms with Crippen molar-refractivity contribution in [1.29, 1.82) is 0 Å². The van der Waals surface area contributed by atoms with Crippen LogP contribution >= 0.6 is 7.60 Å². The summed E-state index contributed by atoms with van der Waals surface area (Å²) >= 11 is 0. The third kappa shape index (κ3) is 3.47. The SMILES string of the molecule is Cc1cccc(OP(=O)(O)CCC=O)c1C. The molecule has 1 unspecified atom stereocenters. The Morgan fingerprint density at radius 1 is 1.44 bits per heavy atom. The molecule has 0 bridgehead atoms. The van der Waals surface area contributed by atoms with Crippen LogP contribution in [0.25, 0.3) is 0 Å². The van der Waals surface area contributed by atoms with E-state index in [-0.39, 0.29) is 12.6 Å². The summed E-state index contributed by atoms with van der Waals surface area (Å²) in [5, 5.41) is 0. The van der Waals surface area contributed by atoms with Gasteiger partial charge in [0.25, 0.3) is 0 Å². The lowest BCUT2D eigenvalue weighted by Crippen LogP contribution is -1.99. The van der Waals surface area contributed by atoms with Gasteiger partial charge in [-0.2, -0.15) is 0 Å². The summed E-state index contributed by atoms with van der Waals surface area (Å²) in [6, 6.07) is 5.30. The van der Waals surface area contributed by atoms with Crippen LogP contribution in [0.5, 0.6) is 5.75 Å². The second kappa shape index (κ2) is 5.28. The van der Waals surface area contributed by atoms with Gasteiger partial charge in [-0.25, -0.2) is 4.57 Å². The molecule has 0 heterocycles. The average Bonchev–Trinajstić information content (AvgIpc) is 2.22. The smallest absolute Gasteiger partial charge is 0.377 e. The Bertz CT molecular complexity index is 428. The van der Waals surface area contributed by atoms with Crippen molar-refractivity contribution in [1.82, 2.24) is 0 Å². The second-order valence-electron chi connectivity index (χ2n) is 3.61. The molecule has 4 nitrogen and oxygen atoms in total. The molecule has 0 saturated heterocycles. The minimum Gasteiger partial charge on any atom is -0.424 e. The lowest BCUT2D eigenvalue weighted by molar-refractivity contribution is -0.107. The molecule has 0 aliphatic rings. The zero-order valence-corrected chi connectivity index (χ0v) is 10.2. The van der Waals surface area contributed by atoms with Crippen molar-refractivity contribution < 1.29 is 18.8 Å². The van der Waals surface area contributed by atoms with Crippen molar-refractivity contribution in [3.63, 3.8) is 0 Å². The van der Waals surface area contributed by atoms with Gasteiger partial charge in [0.05, 0.1) is 6.16 Å². The lowest BCUT2D eigenvalue weighted by Gasteiger charge is -2.15. The van der Waals surface area contributed by atoms with Gasteiger partial charge in [0.2, 0.25) is 0 Å². The molecule has 0 spiro atoms. The molecule has 1 N–H and O–H groups in total. The number of rotatable bonds is 5. The number of benzene rings is 1. The van der Waals surface area contributed by atoms with E-state index in [4.69, 9.17) is 4.52 Å². The molecule has 88 valence electrons. The molecule has 0 aromatic heterocycles. The van der Waals surface area contributed by atoms with Gasteiger partial charge in [0.1, 0.15) is 12.0 Å².